The number of anilines is 1. The van der Waals surface area contributed by atoms with Crippen LogP contribution in [0.1, 0.15) is 29.8 Å². The summed E-state index contributed by atoms with van der Waals surface area (Å²) < 4.78 is 10.4. The molecule has 1 aliphatic heterocycles. The van der Waals surface area contributed by atoms with Crippen LogP contribution in [0.2, 0.25) is 0 Å². The van der Waals surface area contributed by atoms with Gasteiger partial charge in [-0.05, 0) is 27.7 Å². The summed E-state index contributed by atoms with van der Waals surface area (Å²) >= 11 is 0. The predicted molar refractivity (Wildman–Crippen MR) is 74.9 cm³/mol. The first-order valence-electron chi connectivity index (χ1n) is 6.59. The largest absolute Gasteiger partial charge is 0.361 e. The second-order valence-electron chi connectivity index (χ2n) is 5.17. The normalized spacial score (nSPS) is 18.9. The van der Waals surface area contributed by atoms with Crippen LogP contribution in [0.4, 0.5) is 5.69 Å². The molecule has 0 fully saturated rings. The Bertz CT molecular complexity index is 651. The lowest BCUT2D eigenvalue weighted by molar-refractivity contribution is 0.387. The molecule has 0 aromatic carbocycles. The predicted octanol–water partition coefficient (Wildman–Crippen LogP) is 2.68. The van der Waals surface area contributed by atoms with E-state index in [-0.39, 0.29) is 6.04 Å². The zero-order chi connectivity index (χ0) is 14.4. The first-order valence-corrected chi connectivity index (χ1v) is 6.59. The average molecular weight is 274 g/mol. The molecule has 2 aromatic rings. The molecule has 0 aliphatic carbocycles. The van der Waals surface area contributed by atoms with E-state index in [1.165, 1.54) is 0 Å². The van der Waals surface area contributed by atoms with E-state index in [2.05, 4.69) is 28.4 Å². The van der Waals surface area contributed by atoms with Crippen molar-refractivity contribution in [2.24, 2.45) is 0 Å². The van der Waals surface area contributed by atoms with Crippen LogP contribution in [0.5, 0.6) is 0 Å². The Hall–Kier alpha value is -2.24. The van der Waals surface area contributed by atoms with Crippen molar-refractivity contribution in [2.75, 3.05) is 12.1 Å². The van der Waals surface area contributed by atoms with Crippen LogP contribution in [0, 0.1) is 20.8 Å². The Morgan fingerprint density at radius 2 is 1.90 bits per heavy atom. The minimum Gasteiger partial charge on any atom is -0.361 e. The molecule has 3 rings (SSSR count). The molecule has 0 bridgehead atoms. The highest BCUT2D eigenvalue weighted by atomic mass is 16.5. The molecule has 0 N–H and O–H groups in total. The number of hydrogen-bond acceptors (Lipinski definition) is 6. The Kier molecular flexibility index (Phi) is 2.81. The average Bonchev–Trinajstić information content (AvgIpc) is 3.03. The fraction of sp³-hybridized carbons (Fsp3) is 0.429. The highest BCUT2D eigenvalue weighted by molar-refractivity contribution is 5.74. The maximum atomic E-state index is 5.27. The third kappa shape index (κ3) is 1.79. The quantitative estimate of drug-likeness (QED) is 0.839. The zero-order valence-corrected chi connectivity index (χ0v) is 12.3. The van der Waals surface area contributed by atoms with E-state index < -0.39 is 0 Å². The van der Waals surface area contributed by atoms with Gasteiger partial charge in [0.25, 0.3) is 0 Å². The Morgan fingerprint density at radius 3 is 2.45 bits per heavy atom. The summed E-state index contributed by atoms with van der Waals surface area (Å²) in [5.74, 6) is 1.62. The van der Waals surface area contributed by atoms with Gasteiger partial charge in [-0.1, -0.05) is 10.3 Å². The van der Waals surface area contributed by atoms with Gasteiger partial charge in [0.05, 0.1) is 6.04 Å². The second kappa shape index (κ2) is 4.40. The maximum absolute atomic E-state index is 5.27. The van der Waals surface area contributed by atoms with Gasteiger partial charge in [-0.15, -0.1) is 0 Å². The Balaban J connectivity index is 1.98. The molecule has 6 nitrogen and oxygen atoms in total. The summed E-state index contributed by atoms with van der Waals surface area (Å²) in [4.78, 5) is 0. The topological polar surface area (TPSA) is 58.5 Å². The van der Waals surface area contributed by atoms with Crippen LogP contribution in [0.25, 0.3) is 5.57 Å². The van der Waals surface area contributed by atoms with Gasteiger partial charge < -0.3 is 9.05 Å². The van der Waals surface area contributed by atoms with Gasteiger partial charge in [-0.2, -0.15) is 0 Å². The summed E-state index contributed by atoms with van der Waals surface area (Å²) in [6.07, 6.45) is 2.06. The Labute approximate surface area is 117 Å². The van der Waals surface area contributed by atoms with E-state index in [9.17, 15) is 0 Å². The van der Waals surface area contributed by atoms with Gasteiger partial charge in [0.2, 0.25) is 0 Å². The smallest absolute Gasteiger partial charge is 0.159 e. The highest BCUT2D eigenvalue weighted by Gasteiger charge is 2.33. The lowest BCUT2D eigenvalue weighted by Gasteiger charge is -2.31. The second-order valence-corrected chi connectivity index (χ2v) is 5.17. The van der Waals surface area contributed by atoms with Crippen molar-refractivity contribution in [3.05, 3.63) is 35.2 Å². The Morgan fingerprint density at radius 1 is 1.15 bits per heavy atom. The van der Waals surface area contributed by atoms with Crippen molar-refractivity contribution in [3.63, 3.8) is 0 Å². The van der Waals surface area contributed by atoms with Crippen LogP contribution in [-0.2, 0) is 0 Å². The number of rotatable bonds is 2. The summed E-state index contributed by atoms with van der Waals surface area (Å²) in [5, 5.41) is 12.3. The lowest BCUT2D eigenvalue weighted by atomic mass is 10.1. The fourth-order valence-electron chi connectivity index (χ4n) is 2.72. The zero-order valence-electron chi connectivity index (χ0n) is 12.3. The summed E-state index contributed by atoms with van der Waals surface area (Å²) in [6.45, 7) is 7.90. The van der Waals surface area contributed by atoms with E-state index >= 15 is 0 Å². The maximum Gasteiger partial charge on any atom is 0.159 e. The molecule has 0 saturated carbocycles. The van der Waals surface area contributed by atoms with E-state index in [0.717, 1.165) is 34.2 Å². The molecule has 106 valence electrons. The summed E-state index contributed by atoms with van der Waals surface area (Å²) in [5.41, 5.74) is 3.87. The molecule has 1 unspecified atom stereocenters. The number of aromatic nitrogens is 2. The van der Waals surface area contributed by atoms with E-state index in [1.54, 1.807) is 0 Å². The van der Waals surface area contributed by atoms with Crippen molar-refractivity contribution >= 4 is 11.3 Å². The molecule has 2 aromatic heterocycles. The van der Waals surface area contributed by atoms with Gasteiger partial charge >= 0.3 is 0 Å². The number of aryl methyl sites for hydroxylation is 3. The standard InChI is InChI=1S/C14H18N4O2/c1-8-6-13(16-19-8)12-7-17(5)18(10(12)3)14-9(2)15-20-11(14)4/h6-7,10H,1-5H3. The first kappa shape index (κ1) is 12.8. The first-order chi connectivity index (χ1) is 9.49. The number of hydrogen-bond donors (Lipinski definition) is 0. The van der Waals surface area contributed by atoms with E-state index in [0.29, 0.717) is 0 Å². The molecule has 6 heteroatoms. The van der Waals surface area contributed by atoms with Crippen molar-refractivity contribution in [2.45, 2.75) is 33.7 Å². The SMILES string of the molecule is Cc1cc(C2=CN(C)N(c3c(C)noc3C)C2C)no1. The van der Waals surface area contributed by atoms with Gasteiger partial charge in [0.1, 0.15) is 22.8 Å². The molecule has 3 heterocycles. The fourth-order valence-corrected chi connectivity index (χ4v) is 2.72. The van der Waals surface area contributed by atoms with Crippen LogP contribution in [0.3, 0.4) is 0 Å². The number of nitrogens with zero attached hydrogens (tertiary/aromatic N) is 4. The van der Waals surface area contributed by atoms with Crippen LogP contribution in [-0.4, -0.2) is 28.4 Å². The van der Waals surface area contributed by atoms with Gasteiger partial charge in [-0.25, -0.2) is 0 Å². The minimum absolute atomic E-state index is 0.140. The number of hydrazine groups is 1. The van der Waals surface area contributed by atoms with Crippen molar-refractivity contribution in [3.8, 4) is 0 Å². The van der Waals surface area contributed by atoms with E-state index in [1.807, 2.05) is 38.9 Å². The molecule has 20 heavy (non-hydrogen) atoms. The lowest BCUT2D eigenvalue weighted by Crippen LogP contribution is -2.38. The van der Waals surface area contributed by atoms with E-state index in [4.69, 9.17) is 9.05 Å². The minimum atomic E-state index is 0.140. The van der Waals surface area contributed by atoms with Gasteiger partial charge in [0.15, 0.2) is 5.76 Å². The summed E-state index contributed by atoms with van der Waals surface area (Å²) in [6, 6.07) is 2.09. The molecule has 0 spiro atoms. The third-order valence-electron chi connectivity index (χ3n) is 3.63. The van der Waals surface area contributed by atoms with Crippen LogP contribution in [0.15, 0.2) is 21.3 Å². The van der Waals surface area contributed by atoms with Crippen LogP contribution < -0.4 is 5.01 Å². The molecule has 1 aliphatic rings. The summed E-state index contributed by atoms with van der Waals surface area (Å²) in [7, 11) is 2.00. The molecule has 1 atom stereocenters. The van der Waals surface area contributed by atoms with Crippen molar-refractivity contribution in [1.82, 2.24) is 15.3 Å². The van der Waals surface area contributed by atoms with Gasteiger partial charge in [-0.3, -0.25) is 10.0 Å². The molecule has 0 radical (unpaired) electrons. The van der Waals surface area contributed by atoms with Crippen LogP contribution >= 0.6 is 0 Å². The van der Waals surface area contributed by atoms with Gasteiger partial charge in [0, 0.05) is 24.9 Å². The third-order valence-corrected chi connectivity index (χ3v) is 3.63. The van der Waals surface area contributed by atoms with Crippen molar-refractivity contribution < 1.29 is 9.05 Å². The highest BCUT2D eigenvalue weighted by Crippen LogP contribution is 2.36. The molecular formula is C14H18N4O2. The monoisotopic (exact) mass is 274 g/mol. The molecule has 0 saturated heterocycles. The van der Waals surface area contributed by atoms with Crippen molar-refractivity contribution in [1.29, 1.82) is 0 Å². The molecule has 0 amide bonds. The molecular weight excluding hydrogens is 256 g/mol.